The fourth-order valence-corrected chi connectivity index (χ4v) is 3.99. The fourth-order valence-electron chi connectivity index (χ4n) is 2.68. The van der Waals surface area contributed by atoms with Gasteiger partial charge in [-0.05, 0) is 25.5 Å². The van der Waals surface area contributed by atoms with Crippen molar-refractivity contribution in [2.24, 2.45) is 10.9 Å². The van der Waals surface area contributed by atoms with Gasteiger partial charge in [0.05, 0.1) is 5.01 Å². The minimum Gasteiger partial charge on any atom is -0.356 e. The summed E-state index contributed by atoms with van der Waals surface area (Å²) in [6, 6.07) is 0. The zero-order chi connectivity index (χ0) is 19.6. The van der Waals surface area contributed by atoms with Gasteiger partial charge in [-0.15, -0.1) is 21.5 Å². The molecule has 2 N–H and O–H groups in total. The summed E-state index contributed by atoms with van der Waals surface area (Å²) in [4.78, 5) is 9.92. The summed E-state index contributed by atoms with van der Waals surface area (Å²) < 4.78 is 2.25. The third kappa shape index (κ3) is 7.14. The molecule has 0 aromatic carbocycles. The molecule has 0 radical (unpaired) electrons. The molecule has 0 aliphatic heterocycles. The molecule has 2 rings (SSSR count). The highest BCUT2D eigenvalue weighted by molar-refractivity contribution is 7.98. The van der Waals surface area contributed by atoms with Crippen molar-refractivity contribution >= 4 is 29.1 Å². The smallest absolute Gasteiger partial charge is 0.190 e. The van der Waals surface area contributed by atoms with Gasteiger partial charge >= 0.3 is 0 Å². The third-order valence-electron chi connectivity index (χ3n) is 3.92. The largest absolute Gasteiger partial charge is 0.356 e. The van der Waals surface area contributed by atoms with Gasteiger partial charge in [0.25, 0.3) is 0 Å². The van der Waals surface area contributed by atoms with Crippen LogP contribution in [0.5, 0.6) is 0 Å². The Kier molecular flexibility index (Phi) is 9.06. The van der Waals surface area contributed by atoms with Crippen molar-refractivity contribution < 1.29 is 0 Å². The van der Waals surface area contributed by atoms with Crippen molar-refractivity contribution in [3.8, 4) is 0 Å². The number of aromatic nitrogens is 4. The second-order valence-electron chi connectivity index (χ2n) is 6.75. The quantitative estimate of drug-likeness (QED) is 0.272. The van der Waals surface area contributed by atoms with Crippen molar-refractivity contribution in [2.75, 3.05) is 26.4 Å². The molecular weight excluding hydrogens is 378 g/mol. The lowest BCUT2D eigenvalue weighted by molar-refractivity contribution is 0.477. The molecule has 150 valence electrons. The van der Waals surface area contributed by atoms with Crippen LogP contribution < -0.4 is 10.6 Å². The first kappa shape index (κ1) is 21.7. The summed E-state index contributed by atoms with van der Waals surface area (Å²) >= 11 is 3.40. The first-order chi connectivity index (χ1) is 13.0. The molecule has 0 saturated carbocycles. The van der Waals surface area contributed by atoms with Crippen LogP contribution in [0.2, 0.25) is 0 Å². The second-order valence-corrected chi connectivity index (χ2v) is 8.84. The number of aliphatic imine (C=N–C) groups is 1. The Morgan fingerprint density at radius 1 is 1.26 bits per heavy atom. The molecule has 0 fully saturated rings. The molecule has 0 bridgehead atoms. The molecule has 2 aromatic rings. The average Bonchev–Trinajstić information content (AvgIpc) is 3.22. The summed E-state index contributed by atoms with van der Waals surface area (Å²) in [5.41, 5.74) is 0. The number of rotatable bonds is 10. The lowest BCUT2D eigenvalue weighted by Crippen LogP contribution is -2.38. The van der Waals surface area contributed by atoms with Crippen LogP contribution in [0.3, 0.4) is 0 Å². The van der Waals surface area contributed by atoms with Crippen molar-refractivity contribution in [3.63, 3.8) is 0 Å². The second kappa shape index (κ2) is 11.3. The third-order valence-corrected chi connectivity index (χ3v) is 5.56. The van der Waals surface area contributed by atoms with E-state index >= 15 is 0 Å². The molecule has 0 aliphatic rings. The summed E-state index contributed by atoms with van der Waals surface area (Å²) in [6.07, 6.45) is 6.77. The van der Waals surface area contributed by atoms with E-state index in [-0.39, 0.29) is 0 Å². The van der Waals surface area contributed by atoms with E-state index in [4.69, 9.17) is 0 Å². The van der Waals surface area contributed by atoms with Crippen molar-refractivity contribution in [2.45, 2.75) is 51.7 Å². The maximum atomic E-state index is 4.39. The Morgan fingerprint density at radius 2 is 2.04 bits per heavy atom. The number of nitrogens with zero attached hydrogens (tertiary/aromatic N) is 5. The van der Waals surface area contributed by atoms with Gasteiger partial charge in [0, 0.05) is 50.6 Å². The summed E-state index contributed by atoms with van der Waals surface area (Å²) in [6.45, 7) is 9.16. The van der Waals surface area contributed by atoms with E-state index in [1.165, 1.54) is 4.88 Å². The number of thiazole rings is 1. The van der Waals surface area contributed by atoms with Crippen LogP contribution in [-0.2, 0) is 19.4 Å². The van der Waals surface area contributed by atoms with E-state index in [0.717, 1.165) is 60.8 Å². The normalized spacial score (nSPS) is 12.0. The standard InChI is InChI=1S/C18H31N7S2/c1-13(2)12-25-15(23-24-18(25)26-5)7-6-9-20-17(19-4)21-10-8-16-22-11-14(3)27-16/h11,13H,6-10,12H2,1-5H3,(H2,19,20,21). The van der Waals surface area contributed by atoms with Crippen LogP contribution in [0.15, 0.2) is 16.3 Å². The highest BCUT2D eigenvalue weighted by Crippen LogP contribution is 2.16. The van der Waals surface area contributed by atoms with Crippen LogP contribution in [0.1, 0.15) is 36.0 Å². The summed E-state index contributed by atoms with van der Waals surface area (Å²) in [5, 5.41) is 17.6. The van der Waals surface area contributed by atoms with E-state index in [1.807, 2.05) is 6.20 Å². The number of hydrogen-bond donors (Lipinski definition) is 2. The number of hydrogen-bond acceptors (Lipinski definition) is 6. The first-order valence-corrected chi connectivity index (χ1v) is 11.4. The molecule has 27 heavy (non-hydrogen) atoms. The molecular formula is C18H31N7S2. The highest BCUT2D eigenvalue weighted by atomic mass is 32.2. The van der Waals surface area contributed by atoms with Crippen LogP contribution >= 0.6 is 23.1 Å². The maximum Gasteiger partial charge on any atom is 0.190 e. The van der Waals surface area contributed by atoms with Crippen LogP contribution in [0.4, 0.5) is 0 Å². The molecule has 0 aliphatic carbocycles. The predicted molar refractivity (Wildman–Crippen MR) is 115 cm³/mol. The molecule has 2 heterocycles. The topological polar surface area (TPSA) is 80.0 Å². The Hall–Kier alpha value is -1.61. The van der Waals surface area contributed by atoms with Gasteiger partial charge in [0.15, 0.2) is 11.1 Å². The zero-order valence-electron chi connectivity index (χ0n) is 16.9. The molecule has 9 heteroatoms. The van der Waals surface area contributed by atoms with Gasteiger partial charge in [-0.1, -0.05) is 25.6 Å². The lowest BCUT2D eigenvalue weighted by Gasteiger charge is -2.13. The van der Waals surface area contributed by atoms with Crippen molar-refractivity contribution in [3.05, 3.63) is 21.9 Å². The van der Waals surface area contributed by atoms with Crippen LogP contribution in [-0.4, -0.2) is 52.1 Å². The number of nitrogens with one attached hydrogen (secondary N) is 2. The van der Waals surface area contributed by atoms with Gasteiger partial charge in [-0.3, -0.25) is 4.99 Å². The highest BCUT2D eigenvalue weighted by Gasteiger charge is 2.12. The molecule has 0 atom stereocenters. The molecule has 0 saturated heterocycles. The fraction of sp³-hybridized carbons (Fsp3) is 0.667. The molecule has 0 amide bonds. The van der Waals surface area contributed by atoms with E-state index in [9.17, 15) is 0 Å². The summed E-state index contributed by atoms with van der Waals surface area (Å²) in [7, 11) is 1.80. The average molecular weight is 410 g/mol. The minimum absolute atomic E-state index is 0.577. The van der Waals surface area contributed by atoms with E-state index in [2.05, 4.69) is 62.4 Å². The van der Waals surface area contributed by atoms with Gasteiger partial charge in [-0.25, -0.2) is 4.98 Å². The van der Waals surface area contributed by atoms with Crippen LogP contribution in [0, 0.1) is 12.8 Å². The predicted octanol–water partition coefficient (Wildman–Crippen LogP) is 2.76. The van der Waals surface area contributed by atoms with Gasteiger partial charge in [0.1, 0.15) is 5.82 Å². The van der Waals surface area contributed by atoms with E-state index in [0.29, 0.717) is 5.92 Å². The monoisotopic (exact) mass is 409 g/mol. The molecule has 0 unspecified atom stereocenters. The number of guanidine groups is 1. The Labute approximate surface area is 170 Å². The Bertz CT molecular complexity index is 721. The molecule has 7 nitrogen and oxygen atoms in total. The molecule has 0 spiro atoms. The lowest BCUT2D eigenvalue weighted by atomic mass is 10.2. The van der Waals surface area contributed by atoms with Gasteiger partial charge < -0.3 is 15.2 Å². The van der Waals surface area contributed by atoms with E-state index < -0.39 is 0 Å². The Balaban J connectivity index is 1.72. The summed E-state index contributed by atoms with van der Waals surface area (Å²) in [5.74, 6) is 2.47. The van der Waals surface area contributed by atoms with Gasteiger partial charge in [0.2, 0.25) is 0 Å². The SMILES string of the molecule is CN=C(NCCCc1nnc(SC)n1CC(C)C)NCCc1ncc(C)s1. The van der Waals surface area contributed by atoms with Crippen molar-refractivity contribution in [1.82, 2.24) is 30.4 Å². The first-order valence-electron chi connectivity index (χ1n) is 9.35. The van der Waals surface area contributed by atoms with Gasteiger partial charge in [-0.2, -0.15) is 0 Å². The number of aryl methyl sites for hydroxylation is 2. The van der Waals surface area contributed by atoms with Crippen molar-refractivity contribution in [1.29, 1.82) is 0 Å². The molecule has 2 aromatic heterocycles. The van der Waals surface area contributed by atoms with E-state index in [1.54, 1.807) is 30.1 Å². The maximum absolute atomic E-state index is 4.39. The number of thioether (sulfide) groups is 1. The Morgan fingerprint density at radius 3 is 2.67 bits per heavy atom. The van der Waals surface area contributed by atoms with Crippen LogP contribution in [0.25, 0.3) is 0 Å². The minimum atomic E-state index is 0.577. The zero-order valence-corrected chi connectivity index (χ0v) is 18.6.